The van der Waals surface area contributed by atoms with Gasteiger partial charge in [0.1, 0.15) is 11.2 Å². The van der Waals surface area contributed by atoms with E-state index in [2.05, 4.69) is 9.89 Å². The number of carbonyl (C=O) groups excluding carboxylic acids is 1. The molecule has 0 aliphatic carbocycles. The van der Waals surface area contributed by atoms with E-state index in [1.807, 2.05) is 14.0 Å². The molecule has 0 N–H and O–H groups in total. The molecule has 0 radical (unpaired) electrons. The summed E-state index contributed by atoms with van der Waals surface area (Å²) >= 11 is 6.01. The molecule has 1 aliphatic heterocycles. The molecule has 0 aromatic carbocycles. The molecule has 0 atom stereocenters. The molecule has 1 fully saturated rings. The van der Waals surface area contributed by atoms with Crippen molar-refractivity contribution in [2.45, 2.75) is 6.92 Å². The van der Waals surface area contributed by atoms with Gasteiger partial charge in [0.25, 0.3) is 5.91 Å². The molecule has 1 aliphatic rings. The van der Waals surface area contributed by atoms with Crippen molar-refractivity contribution in [2.24, 2.45) is 17.5 Å². The Kier molecular flexibility index (Phi) is 3.69. The van der Waals surface area contributed by atoms with Gasteiger partial charge < -0.3 is 14.2 Å². The van der Waals surface area contributed by atoms with Crippen LogP contribution in [0.2, 0.25) is 5.02 Å². The zero-order valence-corrected chi connectivity index (χ0v) is 12.4. The van der Waals surface area contributed by atoms with E-state index >= 15 is 0 Å². The second-order valence-corrected chi connectivity index (χ2v) is 5.72. The molecule has 0 spiro atoms. The van der Waals surface area contributed by atoms with Crippen molar-refractivity contribution in [3.8, 4) is 5.75 Å². The maximum atomic E-state index is 12.2. The summed E-state index contributed by atoms with van der Waals surface area (Å²) in [5.74, 6) is 0.410. The molecule has 0 unspecified atom stereocenters. The number of aromatic nitrogens is 1. The summed E-state index contributed by atoms with van der Waals surface area (Å²) in [5.41, 5.74) is 0.163. The Morgan fingerprint density at radius 1 is 1.47 bits per heavy atom. The smallest absolute Gasteiger partial charge is 0.256 e. The predicted molar refractivity (Wildman–Crippen MR) is 73.1 cm³/mol. The molecule has 0 saturated carbocycles. The van der Waals surface area contributed by atoms with Gasteiger partial charge in [-0.25, -0.2) is 0 Å². The number of amides is 1. The van der Waals surface area contributed by atoms with Crippen LogP contribution >= 0.6 is 11.6 Å². The van der Waals surface area contributed by atoms with Gasteiger partial charge >= 0.3 is 0 Å². The summed E-state index contributed by atoms with van der Waals surface area (Å²) in [6, 6.07) is 1.67. The fourth-order valence-electron chi connectivity index (χ4n) is 2.37. The lowest BCUT2D eigenvalue weighted by Gasteiger charge is -2.43. The van der Waals surface area contributed by atoms with Crippen molar-refractivity contribution < 1.29 is 9.53 Å². The van der Waals surface area contributed by atoms with E-state index in [-0.39, 0.29) is 11.3 Å². The summed E-state index contributed by atoms with van der Waals surface area (Å²) in [6.45, 7) is 3.42. The van der Waals surface area contributed by atoms with Crippen molar-refractivity contribution >= 4 is 17.5 Å². The molecule has 1 aromatic rings. The van der Waals surface area contributed by atoms with Gasteiger partial charge in [-0.1, -0.05) is 11.6 Å². The van der Waals surface area contributed by atoms with Crippen molar-refractivity contribution in [1.29, 1.82) is 0 Å². The quantitative estimate of drug-likeness (QED) is 0.816. The number of hydrogen-bond acceptors (Lipinski definition) is 3. The van der Waals surface area contributed by atoms with Crippen LogP contribution in [0.1, 0.15) is 6.92 Å². The fraction of sp³-hybridized carbons (Fsp3) is 0.538. The van der Waals surface area contributed by atoms with Crippen LogP contribution in [-0.4, -0.2) is 42.6 Å². The first-order valence-electron chi connectivity index (χ1n) is 6.03. The van der Waals surface area contributed by atoms with Gasteiger partial charge in [-0.2, -0.15) is 4.99 Å². The zero-order chi connectivity index (χ0) is 14.2. The van der Waals surface area contributed by atoms with Crippen LogP contribution in [-0.2, 0) is 11.8 Å². The van der Waals surface area contributed by atoms with E-state index in [0.717, 1.165) is 13.1 Å². The average Bonchev–Trinajstić information content (AvgIpc) is 2.30. The highest BCUT2D eigenvalue weighted by Gasteiger charge is 2.43. The largest absolute Gasteiger partial charge is 0.495 e. The summed E-state index contributed by atoms with van der Waals surface area (Å²) in [6.07, 6.45) is 1.68. The number of rotatable bonds is 2. The summed E-state index contributed by atoms with van der Waals surface area (Å²) < 4.78 is 6.86. The van der Waals surface area contributed by atoms with Crippen LogP contribution in [0.5, 0.6) is 5.75 Å². The van der Waals surface area contributed by atoms with Gasteiger partial charge in [0.2, 0.25) is 0 Å². The number of carbonyl (C=O) groups is 1. The first-order chi connectivity index (χ1) is 8.85. The number of hydrogen-bond donors (Lipinski definition) is 0. The molecule has 104 valence electrons. The molecular weight excluding hydrogens is 266 g/mol. The highest BCUT2D eigenvalue weighted by atomic mass is 35.5. The maximum Gasteiger partial charge on any atom is 0.256 e. The first kappa shape index (κ1) is 14.1. The minimum atomic E-state index is -0.380. The van der Waals surface area contributed by atoms with E-state index in [1.54, 1.807) is 23.9 Å². The summed E-state index contributed by atoms with van der Waals surface area (Å²) in [5, 5.41) is 0.492. The lowest BCUT2D eigenvalue weighted by Crippen LogP contribution is -2.56. The van der Waals surface area contributed by atoms with Gasteiger partial charge in [-0.3, -0.25) is 4.79 Å². The summed E-state index contributed by atoms with van der Waals surface area (Å²) in [7, 11) is 5.32. The summed E-state index contributed by atoms with van der Waals surface area (Å²) in [4.78, 5) is 18.5. The lowest BCUT2D eigenvalue weighted by molar-refractivity contribution is -0.135. The van der Waals surface area contributed by atoms with Crippen LogP contribution in [0.15, 0.2) is 17.3 Å². The normalized spacial score (nSPS) is 19.1. The Hall–Kier alpha value is -1.33. The van der Waals surface area contributed by atoms with Crippen LogP contribution < -0.4 is 10.2 Å². The van der Waals surface area contributed by atoms with Crippen LogP contribution in [0, 0.1) is 5.41 Å². The van der Waals surface area contributed by atoms with Crippen molar-refractivity contribution in [1.82, 2.24) is 9.47 Å². The molecule has 1 aromatic heterocycles. The third-order valence-electron chi connectivity index (χ3n) is 3.35. The Labute approximate surface area is 117 Å². The number of pyridine rings is 1. The highest BCUT2D eigenvalue weighted by Crippen LogP contribution is 2.29. The van der Waals surface area contributed by atoms with Crippen LogP contribution in [0.25, 0.3) is 0 Å². The van der Waals surface area contributed by atoms with Gasteiger partial charge in [0.05, 0.1) is 17.5 Å². The SMILES string of the molecule is COc1cc(=NC(=O)C2(C)CN(C)C2)n(C)cc1Cl. The molecule has 0 bridgehead atoms. The van der Waals surface area contributed by atoms with Crippen LogP contribution in [0.3, 0.4) is 0 Å². The topological polar surface area (TPSA) is 46.8 Å². The monoisotopic (exact) mass is 283 g/mol. The second kappa shape index (κ2) is 4.98. The highest BCUT2D eigenvalue weighted by molar-refractivity contribution is 6.31. The Bertz CT molecular complexity index is 574. The number of aryl methyl sites for hydroxylation is 1. The second-order valence-electron chi connectivity index (χ2n) is 5.31. The third-order valence-corrected chi connectivity index (χ3v) is 3.64. The molecular formula is C13H18ClN3O2. The van der Waals surface area contributed by atoms with Gasteiger partial charge in [-0.15, -0.1) is 0 Å². The standard InChI is InChI=1S/C13H18ClN3O2/c1-13(7-16(2)8-13)12(18)15-11-5-10(19-4)9(14)6-17(11)3/h5-6H,7-8H2,1-4H3. The van der Waals surface area contributed by atoms with E-state index < -0.39 is 0 Å². The number of nitrogens with zero attached hydrogens (tertiary/aromatic N) is 3. The molecule has 1 amide bonds. The van der Waals surface area contributed by atoms with Crippen molar-refractivity contribution in [2.75, 3.05) is 27.2 Å². The third kappa shape index (κ3) is 2.67. The van der Waals surface area contributed by atoms with Crippen molar-refractivity contribution in [3.63, 3.8) is 0 Å². The number of halogens is 1. The number of likely N-dealkylation sites (tertiary alicyclic amines) is 1. The van der Waals surface area contributed by atoms with Gasteiger partial charge in [0, 0.05) is 32.4 Å². The fourth-order valence-corrected chi connectivity index (χ4v) is 2.65. The maximum absolute atomic E-state index is 12.2. The molecule has 2 rings (SSSR count). The van der Waals surface area contributed by atoms with Gasteiger partial charge in [-0.05, 0) is 14.0 Å². The van der Waals surface area contributed by atoms with Gasteiger partial charge in [0.15, 0.2) is 0 Å². The van der Waals surface area contributed by atoms with E-state index in [1.165, 1.54) is 7.11 Å². The van der Waals surface area contributed by atoms with Crippen LogP contribution in [0.4, 0.5) is 0 Å². The Balaban J connectivity index is 2.36. The number of ether oxygens (including phenoxy) is 1. The minimum Gasteiger partial charge on any atom is -0.495 e. The van der Waals surface area contributed by atoms with E-state index in [0.29, 0.717) is 16.3 Å². The molecule has 5 nitrogen and oxygen atoms in total. The van der Waals surface area contributed by atoms with E-state index in [9.17, 15) is 4.79 Å². The van der Waals surface area contributed by atoms with E-state index in [4.69, 9.17) is 16.3 Å². The molecule has 1 saturated heterocycles. The first-order valence-corrected chi connectivity index (χ1v) is 6.41. The molecule has 2 heterocycles. The lowest BCUT2D eigenvalue weighted by atomic mass is 9.82. The molecule has 6 heteroatoms. The minimum absolute atomic E-state index is 0.106. The zero-order valence-electron chi connectivity index (χ0n) is 11.6. The Morgan fingerprint density at radius 3 is 2.63 bits per heavy atom. The van der Waals surface area contributed by atoms with Crippen molar-refractivity contribution in [3.05, 3.63) is 22.8 Å². The average molecular weight is 284 g/mol. The predicted octanol–water partition coefficient (Wildman–Crippen LogP) is 1.07. The molecule has 19 heavy (non-hydrogen) atoms. The number of methoxy groups -OCH3 is 1. The Morgan fingerprint density at radius 2 is 2.11 bits per heavy atom.